The molecule has 2 rings (SSSR count). The molecule has 0 unspecified atom stereocenters. The molecule has 0 atom stereocenters. The fraction of sp³-hybridized carbons (Fsp3) is 0.455. The minimum atomic E-state index is -2.91. The Morgan fingerprint density at radius 2 is 1.60 bits per heavy atom. The molecule has 0 N–H and O–H groups in total. The smallest absolute Gasteiger partial charge is 0.304 e. The van der Waals surface area contributed by atoms with Gasteiger partial charge >= 0.3 is 7.60 Å². The molecule has 4 heteroatoms. The second-order valence-corrected chi connectivity index (χ2v) is 6.58. The molecule has 0 fully saturated rings. The van der Waals surface area contributed by atoms with E-state index in [1.165, 1.54) is 0 Å². The average molecular weight is 226 g/mol. The Kier molecular flexibility index (Phi) is 2.96. The van der Waals surface area contributed by atoms with Gasteiger partial charge in [-0.2, -0.15) is 0 Å². The summed E-state index contributed by atoms with van der Waals surface area (Å²) < 4.78 is 23.0. The lowest BCUT2D eigenvalue weighted by Gasteiger charge is -2.18. The van der Waals surface area contributed by atoms with E-state index in [9.17, 15) is 4.57 Å². The van der Waals surface area contributed by atoms with E-state index in [-0.39, 0.29) is 5.66 Å². The quantitative estimate of drug-likeness (QED) is 0.689. The normalized spacial score (nSPS) is 19.7. The van der Waals surface area contributed by atoms with Crippen molar-refractivity contribution in [1.29, 1.82) is 0 Å². The molecule has 82 valence electrons. The van der Waals surface area contributed by atoms with Gasteiger partial charge in [-0.05, 0) is 11.1 Å². The van der Waals surface area contributed by atoms with E-state index in [1.54, 1.807) is 0 Å². The van der Waals surface area contributed by atoms with Crippen molar-refractivity contribution in [2.24, 2.45) is 0 Å². The van der Waals surface area contributed by atoms with Crippen molar-refractivity contribution in [2.45, 2.75) is 32.7 Å². The maximum absolute atomic E-state index is 12.2. The first-order valence-electron chi connectivity index (χ1n) is 5.07. The van der Waals surface area contributed by atoms with Crippen molar-refractivity contribution in [1.82, 2.24) is 0 Å². The SMILES string of the molecule is CC(C)P1(=O)OCc2ccccc2CO1. The summed E-state index contributed by atoms with van der Waals surface area (Å²) in [5.74, 6) is 0. The number of fused-ring (bicyclic) bond motifs is 1. The van der Waals surface area contributed by atoms with E-state index in [1.807, 2.05) is 38.1 Å². The van der Waals surface area contributed by atoms with Crippen molar-refractivity contribution in [3.05, 3.63) is 35.4 Å². The van der Waals surface area contributed by atoms with Crippen molar-refractivity contribution in [3.63, 3.8) is 0 Å². The summed E-state index contributed by atoms with van der Waals surface area (Å²) in [5.41, 5.74) is 2.04. The zero-order valence-electron chi connectivity index (χ0n) is 8.97. The molecule has 1 aromatic rings. The van der Waals surface area contributed by atoms with E-state index >= 15 is 0 Å². The van der Waals surface area contributed by atoms with Gasteiger partial charge in [0, 0.05) is 0 Å². The first-order chi connectivity index (χ1) is 7.12. The van der Waals surface area contributed by atoms with E-state index in [0.717, 1.165) is 11.1 Å². The maximum Gasteiger partial charge on any atom is 0.333 e. The van der Waals surface area contributed by atoms with E-state index < -0.39 is 7.60 Å². The highest BCUT2D eigenvalue weighted by Gasteiger charge is 2.31. The minimum Gasteiger partial charge on any atom is -0.304 e. The average Bonchev–Trinajstić information content (AvgIpc) is 2.40. The molecular weight excluding hydrogens is 211 g/mol. The van der Waals surface area contributed by atoms with Crippen LogP contribution in [0.3, 0.4) is 0 Å². The Labute approximate surface area is 89.9 Å². The Bertz CT molecular complexity index is 370. The summed E-state index contributed by atoms with van der Waals surface area (Å²) >= 11 is 0. The first kappa shape index (κ1) is 10.9. The molecule has 0 amide bonds. The molecule has 0 saturated heterocycles. The second-order valence-electron chi connectivity index (χ2n) is 3.95. The highest BCUT2D eigenvalue weighted by molar-refractivity contribution is 7.54. The summed E-state index contributed by atoms with van der Waals surface area (Å²) in [6.07, 6.45) is 0. The Morgan fingerprint density at radius 3 is 2.00 bits per heavy atom. The van der Waals surface area contributed by atoms with Gasteiger partial charge in [0.2, 0.25) is 0 Å². The highest BCUT2D eigenvalue weighted by atomic mass is 31.2. The number of hydrogen-bond acceptors (Lipinski definition) is 3. The fourth-order valence-electron chi connectivity index (χ4n) is 1.49. The number of hydrogen-bond donors (Lipinski definition) is 0. The van der Waals surface area contributed by atoms with Gasteiger partial charge in [-0.3, -0.25) is 4.57 Å². The van der Waals surface area contributed by atoms with Crippen molar-refractivity contribution in [3.8, 4) is 0 Å². The van der Waals surface area contributed by atoms with Crippen LogP contribution in [0.1, 0.15) is 25.0 Å². The molecule has 1 aromatic carbocycles. The van der Waals surface area contributed by atoms with E-state index in [0.29, 0.717) is 13.2 Å². The Hall–Kier alpha value is -0.630. The van der Waals surface area contributed by atoms with E-state index in [2.05, 4.69) is 0 Å². The predicted octanol–water partition coefficient (Wildman–Crippen LogP) is 3.33. The molecule has 0 aliphatic carbocycles. The zero-order chi connectivity index (χ0) is 10.9. The van der Waals surface area contributed by atoms with Crippen LogP contribution in [0, 0.1) is 0 Å². The maximum atomic E-state index is 12.2. The van der Waals surface area contributed by atoms with Crippen LogP contribution in [0.4, 0.5) is 0 Å². The predicted molar refractivity (Wildman–Crippen MR) is 58.8 cm³/mol. The first-order valence-corrected chi connectivity index (χ1v) is 6.68. The van der Waals surface area contributed by atoms with Crippen molar-refractivity contribution < 1.29 is 13.6 Å². The Morgan fingerprint density at radius 1 is 1.13 bits per heavy atom. The summed E-state index contributed by atoms with van der Waals surface area (Å²) in [6.45, 7) is 4.48. The zero-order valence-corrected chi connectivity index (χ0v) is 9.87. The Balaban J connectivity index is 2.26. The van der Waals surface area contributed by atoms with E-state index in [4.69, 9.17) is 9.05 Å². The molecule has 0 saturated carbocycles. The molecule has 1 heterocycles. The van der Waals surface area contributed by atoms with Gasteiger partial charge in [0.25, 0.3) is 0 Å². The van der Waals surface area contributed by atoms with Crippen molar-refractivity contribution in [2.75, 3.05) is 0 Å². The molecule has 1 aliphatic heterocycles. The molecule has 0 aromatic heterocycles. The molecule has 1 aliphatic rings. The molecular formula is C11H15O3P. The third-order valence-corrected chi connectivity index (χ3v) is 4.79. The van der Waals surface area contributed by atoms with Crippen LogP contribution in [0.5, 0.6) is 0 Å². The standard InChI is InChI=1S/C11H15O3P/c1-9(2)15(12)13-7-10-5-3-4-6-11(10)8-14-15/h3-6,9H,7-8H2,1-2H3. The van der Waals surface area contributed by atoms with Gasteiger partial charge < -0.3 is 9.05 Å². The third-order valence-electron chi connectivity index (χ3n) is 2.55. The van der Waals surface area contributed by atoms with Crippen LogP contribution < -0.4 is 0 Å². The minimum absolute atomic E-state index is 0.0909. The van der Waals surface area contributed by atoms with Gasteiger partial charge in [-0.15, -0.1) is 0 Å². The largest absolute Gasteiger partial charge is 0.333 e. The fourth-order valence-corrected chi connectivity index (χ4v) is 2.80. The molecule has 3 nitrogen and oxygen atoms in total. The number of rotatable bonds is 1. The molecule has 0 radical (unpaired) electrons. The summed E-state index contributed by atoms with van der Waals surface area (Å²) in [5, 5.41) is 0. The van der Waals surface area contributed by atoms with Crippen LogP contribution in [0.2, 0.25) is 0 Å². The monoisotopic (exact) mass is 226 g/mol. The van der Waals surface area contributed by atoms with Gasteiger partial charge in [-0.1, -0.05) is 38.1 Å². The van der Waals surface area contributed by atoms with Gasteiger partial charge in [-0.25, -0.2) is 0 Å². The lowest BCUT2D eigenvalue weighted by Crippen LogP contribution is -2.02. The van der Waals surface area contributed by atoms with Gasteiger partial charge in [0.1, 0.15) is 0 Å². The topological polar surface area (TPSA) is 35.5 Å². The summed E-state index contributed by atoms with van der Waals surface area (Å²) in [7, 11) is -2.91. The lowest BCUT2D eigenvalue weighted by atomic mass is 10.1. The molecule has 15 heavy (non-hydrogen) atoms. The van der Waals surface area contributed by atoms with Crippen LogP contribution in [0.15, 0.2) is 24.3 Å². The third kappa shape index (κ3) is 2.15. The van der Waals surface area contributed by atoms with Gasteiger partial charge in [0.15, 0.2) is 0 Å². The van der Waals surface area contributed by atoms with Crippen LogP contribution >= 0.6 is 7.60 Å². The van der Waals surface area contributed by atoms with Crippen molar-refractivity contribution >= 4 is 7.60 Å². The second kappa shape index (κ2) is 4.09. The van der Waals surface area contributed by atoms with Crippen LogP contribution in [-0.2, 0) is 26.8 Å². The van der Waals surface area contributed by atoms with Crippen LogP contribution in [-0.4, -0.2) is 5.66 Å². The lowest BCUT2D eigenvalue weighted by molar-refractivity contribution is 0.201. The summed E-state index contributed by atoms with van der Waals surface area (Å²) in [6, 6.07) is 7.87. The summed E-state index contributed by atoms with van der Waals surface area (Å²) in [4.78, 5) is 0. The molecule has 0 bridgehead atoms. The molecule has 0 spiro atoms. The van der Waals surface area contributed by atoms with Crippen LogP contribution in [0.25, 0.3) is 0 Å². The van der Waals surface area contributed by atoms with Gasteiger partial charge in [0.05, 0.1) is 18.9 Å². The highest BCUT2D eigenvalue weighted by Crippen LogP contribution is 2.55. The number of benzene rings is 1.